The molecule has 0 radical (unpaired) electrons. The molecule has 0 aromatic rings. The Bertz CT molecular complexity index is 196. The summed E-state index contributed by atoms with van der Waals surface area (Å²) in [6.07, 6.45) is -0.161. The first kappa shape index (κ1) is 15.8. The summed E-state index contributed by atoms with van der Waals surface area (Å²) in [5.41, 5.74) is 0. The van der Waals surface area contributed by atoms with Crippen molar-refractivity contribution in [3.05, 3.63) is 0 Å². The summed E-state index contributed by atoms with van der Waals surface area (Å²) in [7, 11) is 0. The molecule has 0 saturated heterocycles. The maximum atomic E-state index is 10.4. The Morgan fingerprint density at radius 1 is 0.750 bits per heavy atom. The van der Waals surface area contributed by atoms with Crippen LogP contribution in [0.5, 0.6) is 0 Å². The van der Waals surface area contributed by atoms with E-state index >= 15 is 0 Å². The molecule has 0 aromatic carbocycles. The van der Waals surface area contributed by atoms with E-state index in [-0.39, 0.29) is 0 Å². The van der Waals surface area contributed by atoms with Crippen molar-refractivity contribution in [2.24, 2.45) is 0 Å². The van der Waals surface area contributed by atoms with Crippen molar-refractivity contribution < 1.29 is 22.8 Å². The summed E-state index contributed by atoms with van der Waals surface area (Å²) < 4.78 is 15.7. The number of carbonyl (C=O) groups is 3. The molecule has 0 amide bonds. The van der Waals surface area contributed by atoms with E-state index in [1.807, 2.05) is 0 Å². The van der Waals surface area contributed by atoms with Gasteiger partial charge in [0.2, 0.25) is 0 Å². The summed E-state index contributed by atoms with van der Waals surface area (Å²) in [6.45, 7) is 4.62. The number of rotatable bonds is 9. The molecule has 0 heterocycles. The third-order valence-corrected chi connectivity index (χ3v) is 7.22. The fraction of sp³-hybridized carbons (Fsp3) is 0.667. The van der Waals surface area contributed by atoms with Crippen molar-refractivity contribution in [3.8, 4) is 0 Å². The van der Waals surface area contributed by atoms with E-state index in [2.05, 4.69) is 0 Å². The molecule has 0 N–H and O–H groups in total. The predicted molar refractivity (Wildman–Crippen MR) is 55.6 cm³/mol. The second-order valence-electron chi connectivity index (χ2n) is 3.06. The first-order valence-electron chi connectivity index (χ1n) is 4.69. The fourth-order valence-electron chi connectivity index (χ4n) is 0.556. The van der Waals surface area contributed by atoms with Crippen LogP contribution in [0.3, 0.4) is 0 Å². The molecule has 7 heteroatoms. The van der Waals surface area contributed by atoms with Gasteiger partial charge in [0.05, 0.1) is 0 Å². The van der Waals surface area contributed by atoms with Gasteiger partial charge >= 0.3 is 104 Å². The van der Waals surface area contributed by atoms with E-state index < -0.39 is 41.4 Å². The molecule has 0 fully saturated rings. The monoisotopic (exact) mass is 428 g/mol. The summed E-state index contributed by atoms with van der Waals surface area (Å²) in [4.78, 5) is 31.2. The van der Waals surface area contributed by atoms with Gasteiger partial charge < -0.3 is 0 Å². The van der Waals surface area contributed by atoms with Crippen LogP contribution in [0.2, 0.25) is 0 Å². The number of hydrogen-bond donors (Lipinski definition) is 0. The van der Waals surface area contributed by atoms with E-state index in [4.69, 9.17) is 8.44 Å². The van der Waals surface area contributed by atoms with Gasteiger partial charge in [-0.1, -0.05) is 0 Å². The minimum absolute atomic E-state index is 0.603. The van der Waals surface area contributed by atoms with Crippen LogP contribution in [0.15, 0.2) is 0 Å². The van der Waals surface area contributed by atoms with Gasteiger partial charge in [0.15, 0.2) is 0 Å². The summed E-state index contributed by atoms with van der Waals surface area (Å²) >= 11 is -3.32. The van der Waals surface area contributed by atoms with Gasteiger partial charge in [-0.15, -0.1) is 0 Å². The number of hydrogen-bond acceptors (Lipinski definition) is 6. The molecule has 0 spiro atoms. The van der Waals surface area contributed by atoms with Gasteiger partial charge in [-0.3, -0.25) is 0 Å². The van der Waals surface area contributed by atoms with Crippen molar-refractivity contribution >= 4 is 41.9 Å². The van der Waals surface area contributed by atoms with Gasteiger partial charge in [0.1, 0.15) is 0 Å². The Morgan fingerprint density at radius 3 is 1.19 bits per heavy atom. The van der Waals surface area contributed by atoms with Crippen molar-refractivity contribution in [2.45, 2.75) is 39.1 Å². The van der Waals surface area contributed by atoms with E-state index in [0.29, 0.717) is 18.9 Å². The molecule has 6 nitrogen and oxygen atoms in total. The van der Waals surface area contributed by atoms with Gasteiger partial charge in [0.25, 0.3) is 0 Å². The standard InChI is InChI=1S/3C3H5O2.Bi/c3*1-3(5)2-4;/h3*2-3H,1H3;/q3*-1;+3. The zero-order chi connectivity index (χ0) is 12.6. The summed E-state index contributed by atoms with van der Waals surface area (Å²) in [5.74, 6) is 0. The normalized spacial score (nSPS) is 16.5. The zero-order valence-electron chi connectivity index (χ0n) is 9.36. The predicted octanol–water partition coefficient (Wildman–Crippen LogP) is -0.217. The average molecular weight is 428 g/mol. The minimum atomic E-state index is -3.32. The molecule has 0 saturated carbocycles. The first-order chi connectivity index (χ1) is 7.53. The quantitative estimate of drug-likeness (QED) is 0.374. The molecular formula is C9H15BiO6. The first-order valence-corrected chi connectivity index (χ1v) is 8.95. The average Bonchev–Trinajstić information content (AvgIpc) is 2.28. The van der Waals surface area contributed by atoms with Crippen LogP contribution in [-0.2, 0) is 22.8 Å². The Labute approximate surface area is 104 Å². The number of aldehydes is 3. The Morgan fingerprint density at radius 2 is 1.00 bits per heavy atom. The SMILES string of the molecule is CC(C=O)[O][Bi]([O]C(C)C=O)[O]C(C)C=O. The van der Waals surface area contributed by atoms with Crippen LogP contribution in [0.1, 0.15) is 20.8 Å². The Hall–Kier alpha value is -0.227. The van der Waals surface area contributed by atoms with E-state index in [0.717, 1.165) is 0 Å². The molecule has 0 bridgehead atoms. The molecular weight excluding hydrogens is 413 g/mol. The molecule has 0 aliphatic heterocycles. The topological polar surface area (TPSA) is 78.9 Å². The third kappa shape index (κ3) is 7.11. The zero-order valence-corrected chi connectivity index (χ0v) is 12.8. The van der Waals surface area contributed by atoms with Crippen molar-refractivity contribution in [3.63, 3.8) is 0 Å². The number of carbonyl (C=O) groups excluding carboxylic acids is 3. The van der Waals surface area contributed by atoms with Gasteiger partial charge in [-0.2, -0.15) is 0 Å². The van der Waals surface area contributed by atoms with Crippen molar-refractivity contribution in [1.82, 2.24) is 0 Å². The van der Waals surface area contributed by atoms with Crippen LogP contribution >= 0.6 is 0 Å². The second kappa shape index (κ2) is 8.87. The fourth-order valence-corrected chi connectivity index (χ4v) is 4.88. The second-order valence-corrected chi connectivity index (χ2v) is 7.26. The van der Waals surface area contributed by atoms with E-state index in [9.17, 15) is 14.4 Å². The van der Waals surface area contributed by atoms with E-state index in [1.165, 1.54) is 0 Å². The third-order valence-electron chi connectivity index (χ3n) is 1.33. The molecule has 3 unspecified atom stereocenters. The summed E-state index contributed by atoms with van der Waals surface area (Å²) in [6, 6.07) is 0. The van der Waals surface area contributed by atoms with Crippen LogP contribution < -0.4 is 0 Å². The van der Waals surface area contributed by atoms with Gasteiger partial charge in [0, 0.05) is 0 Å². The molecule has 16 heavy (non-hydrogen) atoms. The molecule has 0 aliphatic rings. The molecule has 3 atom stereocenters. The van der Waals surface area contributed by atoms with E-state index in [1.54, 1.807) is 20.8 Å². The Balaban J connectivity index is 4.30. The molecule has 0 rings (SSSR count). The summed E-state index contributed by atoms with van der Waals surface area (Å²) in [5, 5.41) is 0. The Kier molecular flexibility index (Phi) is 8.75. The molecule has 92 valence electrons. The van der Waals surface area contributed by atoms with Gasteiger partial charge in [-0.25, -0.2) is 0 Å². The molecule has 0 aromatic heterocycles. The maximum absolute atomic E-state index is 10.4. The van der Waals surface area contributed by atoms with Crippen molar-refractivity contribution in [2.75, 3.05) is 0 Å². The molecule has 0 aliphatic carbocycles. The van der Waals surface area contributed by atoms with Crippen LogP contribution in [-0.4, -0.2) is 60.2 Å². The van der Waals surface area contributed by atoms with Gasteiger partial charge in [-0.05, 0) is 0 Å². The van der Waals surface area contributed by atoms with Crippen LogP contribution in [0.4, 0.5) is 0 Å². The van der Waals surface area contributed by atoms with Crippen molar-refractivity contribution in [1.29, 1.82) is 0 Å². The van der Waals surface area contributed by atoms with Crippen LogP contribution in [0.25, 0.3) is 0 Å². The van der Waals surface area contributed by atoms with Crippen LogP contribution in [0, 0.1) is 0 Å².